The van der Waals surface area contributed by atoms with Crippen molar-refractivity contribution >= 4 is 46.0 Å². The minimum absolute atomic E-state index is 0.161. The maximum atomic E-state index is 12.4. The monoisotopic (exact) mass is 325 g/mol. The second-order valence-electron chi connectivity index (χ2n) is 5.01. The molecule has 2 heterocycles. The van der Waals surface area contributed by atoms with Crippen molar-refractivity contribution in [1.82, 2.24) is 14.5 Å². The summed E-state index contributed by atoms with van der Waals surface area (Å²) in [5, 5.41) is 0.567. The van der Waals surface area contributed by atoms with Gasteiger partial charge in [0.1, 0.15) is 11.9 Å². The molecule has 1 atom stereocenters. The lowest BCUT2D eigenvalue weighted by atomic mass is 10.0. The Morgan fingerprint density at radius 2 is 2.14 bits per heavy atom. The number of carbonyl (C=O) groups is 2. The van der Waals surface area contributed by atoms with Crippen molar-refractivity contribution in [2.45, 2.75) is 24.8 Å². The first-order valence-corrected chi connectivity index (χ1v) is 7.47. The van der Waals surface area contributed by atoms with Crippen molar-refractivity contribution in [2.24, 2.45) is 0 Å². The van der Waals surface area contributed by atoms with Crippen LogP contribution in [0.25, 0.3) is 11.0 Å². The second-order valence-corrected chi connectivity index (χ2v) is 5.71. The number of nitrogens with zero attached hydrogens (tertiary/aromatic N) is 3. The summed E-state index contributed by atoms with van der Waals surface area (Å²) in [4.78, 5) is 29.6. The first-order valence-electron chi connectivity index (χ1n) is 6.55. The lowest BCUT2D eigenvalue weighted by Crippen LogP contribution is -2.43. The van der Waals surface area contributed by atoms with Gasteiger partial charge < -0.3 is 4.57 Å². The Labute approximate surface area is 131 Å². The van der Waals surface area contributed by atoms with E-state index in [1.54, 1.807) is 22.8 Å². The van der Waals surface area contributed by atoms with Gasteiger partial charge in [-0.05, 0) is 24.6 Å². The largest absolute Gasteiger partial charge is 0.314 e. The number of benzene rings is 1. The zero-order valence-electron chi connectivity index (χ0n) is 11.3. The summed E-state index contributed by atoms with van der Waals surface area (Å²) in [6, 6.07) is 4.85. The van der Waals surface area contributed by atoms with Gasteiger partial charge in [-0.25, -0.2) is 4.98 Å². The van der Waals surface area contributed by atoms with E-state index in [9.17, 15) is 9.59 Å². The average Bonchev–Trinajstić information content (AvgIpc) is 2.83. The van der Waals surface area contributed by atoms with E-state index in [4.69, 9.17) is 23.2 Å². The molecule has 1 saturated heterocycles. The average molecular weight is 326 g/mol. The van der Waals surface area contributed by atoms with Gasteiger partial charge in [-0.2, -0.15) is 0 Å². The van der Waals surface area contributed by atoms with Gasteiger partial charge in [0.25, 0.3) is 5.91 Å². The van der Waals surface area contributed by atoms with Crippen LogP contribution in [0.4, 0.5) is 0 Å². The molecule has 1 unspecified atom stereocenters. The second kappa shape index (κ2) is 5.31. The number of amides is 2. The van der Waals surface area contributed by atoms with Gasteiger partial charge in [-0.15, -0.1) is 11.6 Å². The van der Waals surface area contributed by atoms with E-state index in [1.165, 1.54) is 11.9 Å². The van der Waals surface area contributed by atoms with E-state index in [0.29, 0.717) is 23.7 Å². The molecule has 5 nitrogen and oxygen atoms in total. The summed E-state index contributed by atoms with van der Waals surface area (Å²) in [6.07, 6.45) is 0.777. The fourth-order valence-electron chi connectivity index (χ4n) is 2.70. The third-order valence-corrected chi connectivity index (χ3v) is 4.25. The molecule has 1 aromatic heterocycles. The van der Waals surface area contributed by atoms with Crippen molar-refractivity contribution in [3.63, 3.8) is 0 Å². The molecule has 0 N–H and O–H groups in total. The lowest BCUT2D eigenvalue weighted by Gasteiger charge is -2.29. The Balaban J connectivity index is 2.16. The highest BCUT2D eigenvalue weighted by atomic mass is 35.5. The number of aromatic nitrogens is 2. The van der Waals surface area contributed by atoms with Crippen molar-refractivity contribution in [1.29, 1.82) is 0 Å². The van der Waals surface area contributed by atoms with E-state index in [2.05, 4.69) is 4.98 Å². The Bertz CT molecular complexity index is 741. The molecule has 110 valence electrons. The number of imidazole rings is 1. The van der Waals surface area contributed by atoms with Crippen LogP contribution in [0.2, 0.25) is 5.02 Å². The SMILES string of the molecule is CN1C(=O)CCC(n2c(CCl)nc3ccc(Cl)cc32)C1=O. The van der Waals surface area contributed by atoms with Crippen molar-refractivity contribution in [2.75, 3.05) is 7.05 Å². The van der Waals surface area contributed by atoms with E-state index in [0.717, 1.165) is 11.0 Å². The van der Waals surface area contributed by atoms with Gasteiger partial charge >= 0.3 is 0 Å². The molecule has 1 aliphatic rings. The number of likely N-dealkylation sites (N-methyl/N-ethyl adjacent to an activating group) is 1. The number of fused-ring (bicyclic) bond motifs is 1. The molecular formula is C14H13Cl2N3O2. The number of imide groups is 1. The van der Waals surface area contributed by atoms with Gasteiger partial charge in [0.15, 0.2) is 0 Å². The minimum Gasteiger partial charge on any atom is -0.314 e. The minimum atomic E-state index is -0.468. The number of piperidine rings is 1. The third kappa shape index (κ3) is 2.30. The fraction of sp³-hybridized carbons (Fsp3) is 0.357. The van der Waals surface area contributed by atoms with Gasteiger partial charge in [0, 0.05) is 18.5 Å². The van der Waals surface area contributed by atoms with Crippen LogP contribution in [0.15, 0.2) is 18.2 Å². The van der Waals surface area contributed by atoms with Crippen LogP contribution >= 0.6 is 23.2 Å². The van der Waals surface area contributed by atoms with Gasteiger partial charge in [-0.3, -0.25) is 14.5 Å². The maximum Gasteiger partial charge on any atom is 0.252 e. The van der Waals surface area contributed by atoms with Crippen LogP contribution in [0.1, 0.15) is 24.7 Å². The Morgan fingerprint density at radius 1 is 1.38 bits per heavy atom. The van der Waals surface area contributed by atoms with E-state index >= 15 is 0 Å². The molecule has 1 aliphatic heterocycles. The summed E-state index contributed by atoms with van der Waals surface area (Å²) in [6.45, 7) is 0. The predicted molar refractivity (Wildman–Crippen MR) is 80.3 cm³/mol. The molecule has 0 bridgehead atoms. The molecular weight excluding hydrogens is 313 g/mol. The number of halogens is 2. The molecule has 7 heteroatoms. The summed E-state index contributed by atoms with van der Waals surface area (Å²) in [7, 11) is 1.50. The highest BCUT2D eigenvalue weighted by Crippen LogP contribution is 2.30. The summed E-state index contributed by atoms with van der Waals surface area (Å²) in [5.41, 5.74) is 1.50. The smallest absolute Gasteiger partial charge is 0.252 e. The third-order valence-electron chi connectivity index (χ3n) is 3.78. The summed E-state index contributed by atoms with van der Waals surface area (Å²) < 4.78 is 1.81. The number of rotatable bonds is 2. The molecule has 0 spiro atoms. The van der Waals surface area contributed by atoms with Crippen LogP contribution in [0, 0.1) is 0 Å². The zero-order chi connectivity index (χ0) is 15.1. The number of likely N-dealkylation sites (tertiary alicyclic amines) is 1. The number of hydrogen-bond acceptors (Lipinski definition) is 3. The molecule has 1 aromatic carbocycles. The number of hydrogen-bond donors (Lipinski definition) is 0. The predicted octanol–water partition coefficient (Wildman–Crippen LogP) is 2.75. The molecule has 21 heavy (non-hydrogen) atoms. The molecule has 3 rings (SSSR count). The van der Waals surface area contributed by atoms with Gasteiger partial charge in [0.05, 0.1) is 16.9 Å². The van der Waals surface area contributed by atoms with Gasteiger partial charge in [0.2, 0.25) is 5.91 Å². The van der Waals surface area contributed by atoms with Crippen LogP contribution in [-0.2, 0) is 15.5 Å². The van der Waals surface area contributed by atoms with Gasteiger partial charge in [-0.1, -0.05) is 11.6 Å². The van der Waals surface area contributed by atoms with Crippen LogP contribution in [0.3, 0.4) is 0 Å². The Morgan fingerprint density at radius 3 is 2.86 bits per heavy atom. The highest BCUT2D eigenvalue weighted by molar-refractivity contribution is 6.31. The number of carbonyl (C=O) groups excluding carboxylic acids is 2. The van der Waals surface area contributed by atoms with Crippen LogP contribution in [0.5, 0.6) is 0 Å². The Kier molecular flexibility index (Phi) is 3.63. The Hall–Kier alpha value is -1.59. The first kappa shape index (κ1) is 14.4. The normalized spacial score (nSPS) is 19.6. The van der Waals surface area contributed by atoms with Crippen molar-refractivity contribution in [3.05, 3.63) is 29.0 Å². The zero-order valence-corrected chi connectivity index (χ0v) is 12.9. The summed E-state index contributed by atoms with van der Waals surface area (Å²) >= 11 is 12.0. The molecule has 0 saturated carbocycles. The van der Waals surface area contributed by atoms with Crippen LogP contribution in [-0.4, -0.2) is 33.3 Å². The lowest BCUT2D eigenvalue weighted by molar-refractivity contribution is -0.149. The van der Waals surface area contributed by atoms with Crippen LogP contribution < -0.4 is 0 Å². The summed E-state index contributed by atoms with van der Waals surface area (Å²) in [5.74, 6) is 0.395. The molecule has 0 radical (unpaired) electrons. The standard InChI is InChI=1S/C14H13Cl2N3O2/c1-18-13(20)5-4-10(14(18)21)19-11-6-8(16)2-3-9(11)17-12(19)7-15/h2-3,6,10H,4-5,7H2,1H3. The van der Waals surface area contributed by atoms with E-state index < -0.39 is 6.04 Å². The van der Waals surface area contributed by atoms with Crippen molar-refractivity contribution < 1.29 is 9.59 Å². The highest BCUT2D eigenvalue weighted by Gasteiger charge is 2.34. The van der Waals surface area contributed by atoms with E-state index in [1.807, 2.05) is 0 Å². The fourth-order valence-corrected chi connectivity index (χ4v) is 3.05. The topological polar surface area (TPSA) is 55.2 Å². The first-order chi connectivity index (χ1) is 10.0. The number of alkyl halides is 1. The quantitative estimate of drug-likeness (QED) is 0.630. The molecule has 1 fully saturated rings. The molecule has 2 aromatic rings. The van der Waals surface area contributed by atoms with Crippen molar-refractivity contribution in [3.8, 4) is 0 Å². The maximum absolute atomic E-state index is 12.4. The molecule has 0 aliphatic carbocycles. The van der Waals surface area contributed by atoms with E-state index in [-0.39, 0.29) is 17.7 Å². The molecule has 2 amide bonds.